The Morgan fingerprint density at radius 1 is 0.909 bits per heavy atom. The lowest BCUT2D eigenvalue weighted by atomic mass is 10.2. The summed E-state index contributed by atoms with van der Waals surface area (Å²) >= 11 is 1.27. The van der Waals surface area contributed by atoms with Gasteiger partial charge in [-0.2, -0.15) is 0 Å². The highest BCUT2D eigenvalue weighted by atomic mass is 32.2. The number of para-hydroxylation sites is 1. The molecule has 164 valence electrons. The quantitative estimate of drug-likeness (QED) is 0.375. The standard InChI is InChI=1S/C23H18FN7OS/c24-17-11-9-16(10-12-17)22-28-29-23(31(22)18-6-2-1-3-7-18)33-15-21(32)25-14-20-27-26-19-8-4-5-13-30(19)20/h1-13H,14-15H2,(H,25,32). The fourth-order valence-corrected chi connectivity index (χ4v) is 4.11. The van der Waals surface area contributed by atoms with Gasteiger partial charge in [0.1, 0.15) is 5.82 Å². The maximum atomic E-state index is 13.4. The summed E-state index contributed by atoms with van der Waals surface area (Å²) < 4.78 is 17.1. The number of hydrogen-bond acceptors (Lipinski definition) is 6. The zero-order valence-corrected chi connectivity index (χ0v) is 18.1. The third-order valence-electron chi connectivity index (χ3n) is 4.91. The van der Waals surface area contributed by atoms with Crippen LogP contribution >= 0.6 is 11.8 Å². The van der Waals surface area contributed by atoms with Crippen LogP contribution in [0, 0.1) is 5.82 Å². The lowest BCUT2D eigenvalue weighted by molar-refractivity contribution is -0.118. The molecule has 0 spiro atoms. The molecule has 0 fully saturated rings. The highest BCUT2D eigenvalue weighted by Crippen LogP contribution is 2.28. The average molecular weight is 460 g/mol. The Hall–Kier alpha value is -4.05. The van der Waals surface area contributed by atoms with Gasteiger partial charge >= 0.3 is 0 Å². The van der Waals surface area contributed by atoms with Gasteiger partial charge in [-0.05, 0) is 48.5 Å². The Kier molecular flexibility index (Phi) is 5.81. The topological polar surface area (TPSA) is 90.0 Å². The molecule has 3 aromatic heterocycles. The molecular weight excluding hydrogens is 441 g/mol. The summed E-state index contributed by atoms with van der Waals surface area (Å²) in [6.07, 6.45) is 1.85. The van der Waals surface area contributed by atoms with Gasteiger partial charge in [-0.3, -0.25) is 13.8 Å². The Morgan fingerprint density at radius 3 is 2.52 bits per heavy atom. The van der Waals surface area contributed by atoms with Gasteiger partial charge in [-0.25, -0.2) is 4.39 Å². The summed E-state index contributed by atoms with van der Waals surface area (Å²) in [6, 6.07) is 21.3. The predicted octanol–water partition coefficient (Wildman–Crippen LogP) is 3.52. The van der Waals surface area contributed by atoms with Gasteiger partial charge in [-0.15, -0.1) is 20.4 Å². The van der Waals surface area contributed by atoms with Crippen LogP contribution in [0.15, 0.2) is 84.1 Å². The number of thioether (sulfide) groups is 1. The minimum Gasteiger partial charge on any atom is -0.348 e. The third kappa shape index (κ3) is 4.46. The molecule has 33 heavy (non-hydrogen) atoms. The van der Waals surface area contributed by atoms with Crippen LogP contribution in [-0.4, -0.2) is 41.0 Å². The molecule has 0 aliphatic rings. The Balaban J connectivity index is 1.32. The summed E-state index contributed by atoms with van der Waals surface area (Å²) in [5.41, 5.74) is 2.29. The Morgan fingerprint density at radius 2 is 1.70 bits per heavy atom. The number of carbonyl (C=O) groups excluding carboxylic acids is 1. The summed E-state index contributed by atoms with van der Waals surface area (Å²) in [4.78, 5) is 12.5. The maximum absolute atomic E-state index is 13.4. The van der Waals surface area contributed by atoms with Crippen LogP contribution in [-0.2, 0) is 11.3 Å². The molecule has 0 saturated heterocycles. The number of amides is 1. The Labute approximate surface area is 192 Å². The summed E-state index contributed by atoms with van der Waals surface area (Å²) in [6.45, 7) is 0.261. The number of rotatable bonds is 7. The largest absolute Gasteiger partial charge is 0.348 e. The Bertz CT molecular complexity index is 1400. The van der Waals surface area contributed by atoms with E-state index < -0.39 is 0 Å². The molecule has 3 heterocycles. The van der Waals surface area contributed by atoms with E-state index in [4.69, 9.17) is 0 Å². The first-order valence-electron chi connectivity index (χ1n) is 10.1. The second-order valence-corrected chi connectivity index (χ2v) is 8.04. The van der Waals surface area contributed by atoms with Gasteiger partial charge in [-0.1, -0.05) is 36.0 Å². The van der Waals surface area contributed by atoms with Crippen molar-refractivity contribution in [2.24, 2.45) is 0 Å². The number of benzene rings is 2. The van der Waals surface area contributed by atoms with Crippen LogP contribution in [0.4, 0.5) is 4.39 Å². The van der Waals surface area contributed by atoms with Crippen molar-refractivity contribution in [2.45, 2.75) is 11.7 Å². The van der Waals surface area contributed by atoms with Crippen molar-refractivity contribution in [2.75, 3.05) is 5.75 Å². The molecule has 5 rings (SSSR count). The van der Waals surface area contributed by atoms with Crippen LogP contribution in [0.5, 0.6) is 0 Å². The van der Waals surface area contributed by atoms with Crippen molar-refractivity contribution in [1.29, 1.82) is 0 Å². The van der Waals surface area contributed by atoms with Crippen LogP contribution in [0.2, 0.25) is 0 Å². The zero-order valence-electron chi connectivity index (χ0n) is 17.3. The third-order valence-corrected chi connectivity index (χ3v) is 5.84. The molecule has 1 N–H and O–H groups in total. The highest BCUT2D eigenvalue weighted by Gasteiger charge is 2.17. The van der Waals surface area contributed by atoms with Crippen LogP contribution in [0.1, 0.15) is 5.82 Å². The molecule has 2 aromatic carbocycles. The number of pyridine rings is 1. The molecule has 5 aromatic rings. The number of nitrogens with one attached hydrogen (secondary N) is 1. The molecule has 0 unspecified atom stereocenters. The number of halogens is 1. The molecule has 0 radical (unpaired) electrons. The number of hydrogen-bond donors (Lipinski definition) is 1. The van der Waals surface area contributed by atoms with Gasteiger partial charge in [0.15, 0.2) is 22.5 Å². The van der Waals surface area contributed by atoms with Crippen molar-refractivity contribution < 1.29 is 9.18 Å². The highest BCUT2D eigenvalue weighted by molar-refractivity contribution is 7.99. The van der Waals surface area contributed by atoms with Gasteiger partial charge in [0.25, 0.3) is 0 Å². The molecule has 10 heteroatoms. The van der Waals surface area contributed by atoms with Crippen molar-refractivity contribution >= 4 is 23.3 Å². The van der Waals surface area contributed by atoms with Gasteiger partial charge in [0.2, 0.25) is 5.91 Å². The number of carbonyl (C=O) groups is 1. The molecule has 0 atom stereocenters. The second-order valence-electron chi connectivity index (χ2n) is 7.09. The molecule has 0 bridgehead atoms. The molecular formula is C23H18FN7OS. The fourth-order valence-electron chi connectivity index (χ4n) is 3.33. The van der Waals surface area contributed by atoms with E-state index in [2.05, 4.69) is 25.7 Å². The average Bonchev–Trinajstić information content (AvgIpc) is 3.47. The first-order chi connectivity index (χ1) is 16.2. The maximum Gasteiger partial charge on any atom is 0.230 e. The van der Waals surface area contributed by atoms with E-state index in [1.807, 2.05) is 63.7 Å². The minimum atomic E-state index is -0.323. The second kappa shape index (κ2) is 9.21. The van der Waals surface area contributed by atoms with Crippen LogP contribution < -0.4 is 5.32 Å². The molecule has 1 amide bonds. The van der Waals surface area contributed by atoms with E-state index in [9.17, 15) is 9.18 Å². The van der Waals surface area contributed by atoms with Crippen LogP contribution in [0.25, 0.3) is 22.7 Å². The number of aromatic nitrogens is 6. The first kappa shape index (κ1) is 20.8. The van der Waals surface area contributed by atoms with Gasteiger partial charge in [0, 0.05) is 17.4 Å². The first-order valence-corrected chi connectivity index (χ1v) is 11.1. The lowest BCUT2D eigenvalue weighted by Crippen LogP contribution is -2.25. The van der Waals surface area contributed by atoms with Gasteiger partial charge in [0.05, 0.1) is 12.3 Å². The molecule has 0 saturated carbocycles. The van der Waals surface area contributed by atoms with Crippen molar-refractivity contribution in [1.82, 2.24) is 34.7 Å². The predicted molar refractivity (Wildman–Crippen MR) is 122 cm³/mol. The fraction of sp³-hybridized carbons (Fsp3) is 0.0870. The molecule has 0 aliphatic heterocycles. The molecule has 0 aliphatic carbocycles. The van der Waals surface area contributed by atoms with E-state index in [1.165, 1.54) is 23.9 Å². The SMILES string of the molecule is O=C(CSc1nnc(-c2ccc(F)cc2)n1-c1ccccc1)NCc1nnc2ccccn12. The summed E-state index contributed by atoms with van der Waals surface area (Å²) in [5.74, 6) is 0.870. The van der Waals surface area contributed by atoms with Crippen molar-refractivity contribution in [3.05, 3.63) is 90.6 Å². The van der Waals surface area contributed by atoms with E-state index in [-0.39, 0.29) is 24.0 Å². The normalized spacial score (nSPS) is 11.1. The van der Waals surface area contributed by atoms with E-state index in [1.54, 1.807) is 12.1 Å². The summed E-state index contributed by atoms with van der Waals surface area (Å²) in [5, 5.41) is 20.2. The van der Waals surface area contributed by atoms with Crippen molar-refractivity contribution in [3.8, 4) is 17.1 Å². The minimum absolute atomic E-state index is 0.144. The number of nitrogens with zero attached hydrogens (tertiary/aromatic N) is 6. The zero-order chi connectivity index (χ0) is 22.6. The monoisotopic (exact) mass is 459 g/mol. The number of fused-ring (bicyclic) bond motifs is 1. The molecule has 8 nitrogen and oxygen atoms in total. The van der Waals surface area contributed by atoms with Gasteiger partial charge < -0.3 is 5.32 Å². The summed E-state index contributed by atoms with van der Waals surface area (Å²) in [7, 11) is 0. The smallest absolute Gasteiger partial charge is 0.230 e. The van der Waals surface area contributed by atoms with E-state index in [0.717, 1.165) is 16.9 Å². The lowest BCUT2D eigenvalue weighted by Gasteiger charge is -2.10. The van der Waals surface area contributed by atoms with Crippen LogP contribution in [0.3, 0.4) is 0 Å². The van der Waals surface area contributed by atoms with E-state index in [0.29, 0.717) is 16.8 Å². The van der Waals surface area contributed by atoms with Crippen molar-refractivity contribution in [3.63, 3.8) is 0 Å². The van der Waals surface area contributed by atoms with E-state index >= 15 is 0 Å².